The van der Waals surface area contributed by atoms with Crippen LogP contribution < -0.4 is 10.6 Å². The molecule has 2 aromatic carbocycles. The van der Waals surface area contributed by atoms with Gasteiger partial charge in [0.25, 0.3) is 0 Å². The first kappa shape index (κ1) is 26.3. The van der Waals surface area contributed by atoms with Crippen molar-refractivity contribution in [2.45, 2.75) is 32.0 Å². The van der Waals surface area contributed by atoms with Crippen LogP contribution in [-0.4, -0.2) is 79.0 Å². The second-order valence-electron chi connectivity index (χ2n) is 11.0. The molecule has 2 aliphatic heterocycles. The van der Waals surface area contributed by atoms with E-state index in [0.717, 1.165) is 63.6 Å². The lowest BCUT2D eigenvalue weighted by Gasteiger charge is -2.38. The summed E-state index contributed by atoms with van der Waals surface area (Å²) in [5.74, 6) is 0.664. The van der Waals surface area contributed by atoms with Crippen molar-refractivity contribution >= 4 is 17.3 Å². The molecule has 2 fully saturated rings. The molecule has 5 rings (SSSR count). The van der Waals surface area contributed by atoms with Gasteiger partial charge < -0.3 is 15.5 Å². The van der Waals surface area contributed by atoms with Gasteiger partial charge >= 0.3 is 0 Å². The summed E-state index contributed by atoms with van der Waals surface area (Å²) in [4.78, 5) is 23.2. The van der Waals surface area contributed by atoms with Gasteiger partial charge in [-0.1, -0.05) is 79.8 Å². The Hall–Kier alpha value is -3.35. The number of carbonyl (C=O) groups is 1. The molecule has 0 saturated carbocycles. The van der Waals surface area contributed by atoms with Gasteiger partial charge in [0.05, 0.1) is 17.4 Å². The molecule has 3 aliphatic rings. The summed E-state index contributed by atoms with van der Waals surface area (Å²) < 4.78 is 0. The van der Waals surface area contributed by atoms with Crippen molar-refractivity contribution in [1.82, 2.24) is 14.7 Å². The van der Waals surface area contributed by atoms with E-state index in [4.69, 9.17) is 5.73 Å². The first-order chi connectivity index (χ1) is 18.5. The van der Waals surface area contributed by atoms with Gasteiger partial charge in [0.15, 0.2) is 0 Å². The van der Waals surface area contributed by atoms with Gasteiger partial charge in [0, 0.05) is 51.9 Å². The standard InChI is InChI=1S/C32H41N5O/c1-25-10-6-7-13-27(20-25)23-37-24-28(34(2)22-26-11-4-3-5-12-26)21-31(37)32(38)36-18-16-35(17-19-36)30-15-9-8-14-29(30)33/h3-15,20,25,28,31H,16-19,21-24,33H2,1-2H3/t25?,28-,31-/m0/s1. The number of nitrogen functional groups attached to an aromatic ring is 1. The van der Waals surface area contributed by atoms with Crippen molar-refractivity contribution in [3.63, 3.8) is 0 Å². The summed E-state index contributed by atoms with van der Waals surface area (Å²) in [5.41, 5.74) is 10.7. The molecule has 6 nitrogen and oxygen atoms in total. The molecule has 2 aromatic rings. The summed E-state index contributed by atoms with van der Waals surface area (Å²) in [6, 6.07) is 18.9. The second-order valence-corrected chi connectivity index (χ2v) is 11.0. The maximum absolute atomic E-state index is 14.0. The van der Waals surface area contributed by atoms with E-state index in [1.54, 1.807) is 0 Å². The molecule has 0 radical (unpaired) electrons. The van der Waals surface area contributed by atoms with Crippen molar-refractivity contribution in [2.75, 3.05) is 56.9 Å². The van der Waals surface area contributed by atoms with Crippen LogP contribution >= 0.6 is 0 Å². The molecular formula is C32H41N5O. The lowest BCUT2D eigenvalue weighted by Crippen LogP contribution is -2.54. The summed E-state index contributed by atoms with van der Waals surface area (Å²) in [7, 11) is 2.20. The number of nitrogens with zero attached hydrogens (tertiary/aromatic N) is 4. The number of carbonyl (C=O) groups excluding carboxylic acids is 1. The van der Waals surface area contributed by atoms with Gasteiger partial charge in [-0.2, -0.15) is 0 Å². The van der Waals surface area contributed by atoms with Gasteiger partial charge in [-0.3, -0.25) is 14.6 Å². The Morgan fingerprint density at radius 3 is 2.50 bits per heavy atom. The predicted molar refractivity (Wildman–Crippen MR) is 157 cm³/mol. The van der Waals surface area contributed by atoms with E-state index < -0.39 is 0 Å². The molecule has 0 bridgehead atoms. The van der Waals surface area contributed by atoms with E-state index in [-0.39, 0.29) is 11.9 Å². The highest BCUT2D eigenvalue weighted by Crippen LogP contribution is 2.28. The van der Waals surface area contributed by atoms with Crippen LogP contribution in [0, 0.1) is 5.92 Å². The Morgan fingerprint density at radius 2 is 1.74 bits per heavy atom. The lowest BCUT2D eigenvalue weighted by molar-refractivity contribution is -0.136. The number of likely N-dealkylation sites (N-methyl/N-ethyl adjacent to an activating group) is 1. The van der Waals surface area contributed by atoms with Crippen molar-refractivity contribution in [1.29, 1.82) is 0 Å². The molecule has 38 heavy (non-hydrogen) atoms. The van der Waals surface area contributed by atoms with Crippen LogP contribution in [-0.2, 0) is 11.3 Å². The number of hydrogen-bond acceptors (Lipinski definition) is 5. The van der Waals surface area contributed by atoms with Gasteiger partial charge in [-0.25, -0.2) is 0 Å². The summed E-state index contributed by atoms with van der Waals surface area (Å²) in [6.45, 7) is 7.87. The Balaban J connectivity index is 1.28. The van der Waals surface area contributed by atoms with Crippen molar-refractivity contribution < 1.29 is 4.79 Å². The maximum atomic E-state index is 14.0. The molecule has 6 heteroatoms. The van der Waals surface area contributed by atoms with Crippen LogP contribution in [0.15, 0.2) is 90.6 Å². The van der Waals surface area contributed by atoms with Crippen molar-refractivity contribution in [3.05, 3.63) is 96.1 Å². The van der Waals surface area contributed by atoms with Gasteiger partial charge in [0.2, 0.25) is 5.91 Å². The highest BCUT2D eigenvalue weighted by atomic mass is 16.2. The van der Waals surface area contributed by atoms with Crippen LogP contribution in [0.3, 0.4) is 0 Å². The summed E-state index contributed by atoms with van der Waals surface area (Å²) in [6.07, 6.45) is 11.8. The van der Waals surface area contributed by atoms with Gasteiger partial charge in [-0.05, 0) is 42.7 Å². The molecule has 2 heterocycles. The predicted octanol–water partition coefficient (Wildman–Crippen LogP) is 4.18. The normalized spacial score (nSPS) is 24.1. The van der Waals surface area contributed by atoms with Crippen molar-refractivity contribution in [2.24, 2.45) is 5.92 Å². The molecule has 200 valence electrons. The molecule has 1 amide bonds. The van der Waals surface area contributed by atoms with Crippen LogP contribution in [0.2, 0.25) is 0 Å². The third-order valence-corrected chi connectivity index (χ3v) is 8.13. The van der Waals surface area contributed by atoms with Gasteiger partial charge in [-0.15, -0.1) is 0 Å². The number of amides is 1. The number of benzene rings is 2. The first-order valence-corrected chi connectivity index (χ1v) is 13.9. The molecule has 1 aliphatic carbocycles. The highest BCUT2D eigenvalue weighted by molar-refractivity contribution is 5.83. The largest absolute Gasteiger partial charge is 0.397 e. The smallest absolute Gasteiger partial charge is 0.240 e. The monoisotopic (exact) mass is 511 g/mol. The SMILES string of the molecule is CC1C=CC=CC(CN2C[C@@H](N(C)Cc3ccccc3)C[C@H]2C(=O)N2CCN(c3ccccc3N)CC2)=C1. The zero-order valence-electron chi connectivity index (χ0n) is 22.7. The molecule has 0 aromatic heterocycles. The average molecular weight is 512 g/mol. The molecule has 3 atom stereocenters. The van der Waals surface area contributed by atoms with Crippen molar-refractivity contribution in [3.8, 4) is 0 Å². The minimum absolute atomic E-state index is 0.104. The fourth-order valence-electron chi connectivity index (χ4n) is 5.99. The van der Waals surface area contributed by atoms with E-state index >= 15 is 0 Å². The molecule has 0 spiro atoms. The van der Waals surface area contributed by atoms with E-state index in [9.17, 15) is 4.79 Å². The zero-order valence-corrected chi connectivity index (χ0v) is 22.7. The highest BCUT2D eigenvalue weighted by Gasteiger charge is 2.41. The zero-order chi connectivity index (χ0) is 26.5. The van der Waals surface area contributed by atoms with E-state index in [2.05, 4.69) is 100 Å². The van der Waals surface area contributed by atoms with E-state index in [1.807, 2.05) is 18.2 Å². The molecule has 1 unspecified atom stereocenters. The minimum Gasteiger partial charge on any atom is -0.397 e. The number of piperazine rings is 1. The number of likely N-dealkylation sites (tertiary alicyclic amines) is 1. The fraction of sp³-hybridized carbons (Fsp3) is 0.406. The number of nitrogens with two attached hydrogens (primary N) is 1. The quantitative estimate of drug-likeness (QED) is 0.566. The van der Waals surface area contributed by atoms with Crippen LogP contribution in [0.4, 0.5) is 11.4 Å². The number of rotatable bonds is 7. The molecule has 2 saturated heterocycles. The summed E-state index contributed by atoms with van der Waals surface area (Å²) >= 11 is 0. The third kappa shape index (κ3) is 6.20. The Bertz CT molecular complexity index is 1180. The average Bonchev–Trinajstić information content (AvgIpc) is 3.24. The third-order valence-electron chi connectivity index (χ3n) is 8.13. The van der Waals surface area contributed by atoms with E-state index in [1.165, 1.54) is 11.1 Å². The number of para-hydroxylation sites is 2. The molecule has 2 N–H and O–H groups in total. The Morgan fingerprint density at radius 1 is 1.00 bits per heavy atom. The fourth-order valence-corrected chi connectivity index (χ4v) is 5.99. The second kappa shape index (κ2) is 12.0. The first-order valence-electron chi connectivity index (χ1n) is 13.9. The number of hydrogen-bond donors (Lipinski definition) is 1. The van der Waals surface area contributed by atoms with Crippen LogP contribution in [0.5, 0.6) is 0 Å². The van der Waals surface area contributed by atoms with Crippen LogP contribution in [0.1, 0.15) is 18.9 Å². The molecular weight excluding hydrogens is 470 g/mol. The van der Waals surface area contributed by atoms with Crippen LogP contribution in [0.25, 0.3) is 0 Å². The van der Waals surface area contributed by atoms with Gasteiger partial charge in [0.1, 0.15) is 0 Å². The topological polar surface area (TPSA) is 56.0 Å². The minimum atomic E-state index is -0.104. The van der Waals surface area contributed by atoms with E-state index in [0.29, 0.717) is 12.0 Å². The lowest BCUT2D eigenvalue weighted by atomic mass is 10.1. The number of allylic oxidation sites excluding steroid dienone is 4. The Labute approximate surface area is 227 Å². The Kier molecular flexibility index (Phi) is 8.30. The summed E-state index contributed by atoms with van der Waals surface area (Å²) in [5, 5.41) is 0. The maximum Gasteiger partial charge on any atom is 0.240 e. The number of anilines is 2.